The summed E-state index contributed by atoms with van der Waals surface area (Å²) in [6.07, 6.45) is 0. The van der Waals surface area contributed by atoms with Crippen molar-refractivity contribution in [3.05, 3.63) is 60.2 Å². The van der Waals surface area contributed by atoms with Gasteiger partial charge in [-0.25, -0.2) is 0 Å². The lowest BCUT2D eigenvalue weighted by atomic mass is 9.89. The molecule has 1 fully saturated rings. The minimum absolute atomic E-state index is 0.0699. The van der Waals surface area contributed by atoms with Crippen LogP contribution < -0.4 is 16.4 Å². The van der Waals surface area contributed by atoms with E-state index in [1.165, 1.54) is 12.5 Å². The summed E-state index contributed by atoms with van der Waals surface area (Å²) < 4.78 is 0. The van der Waals surface area contributed by atoms with Crippen molar-refractivity contribution in [2.45, 2.75) is 12.8 Å². The topological polar surface area (TPSA) is 87.5 Å². The summed E-state index contributed by atoms with van der Waals surface area (Å²) in [5, 5.41) is 5.62. The number of nitrogens with one attached hydrogen (secondary N) is 2. The number of hydrogen-bond acceptors (Lipinski definition) is 4. The molecule has 6 nitrogen and oxygen atoms in total. The van der Waals surface area contributed by atoms with Crippen LogP contribution in [0.25, 0.3) is 0 Å². The lowest BCUT2D eigenvalue weighted by Gasteiger charge is -2.16. The van der Waals surface area contributed by atoms with Crippen molar-refractivity contribution in [1.82, 2.24) is 4.90 Å². The third-order valence-electron chi connectivity index (χ3n) is 4.88. The van der Waals surface area contributed by atoms with Crippen molar-refractivity contribution in [2.75, 3.05) is 36.8 Å². The molecule has 1 saturated heterocycles. The van der Waals surface area contributed by atoms with E-state index in [4.69, 9.17) is 5.73 Å². The van der Waals surface area contributed by atoms with E-state index in [9.17, 15) is 9.59 Å². The molecule has 1 aliphatic heterocycles. The van der Waals surface area contributed by atoms with E-state index in [0.717, 1.165) is 13.1 Å². The average Bonchev–Trinajstić information content (AvgIpc) is 3.05. The molecule has 1 aliphatic rings. The van der Waals surface area contributed by atoms with Gasteiger partial charge in [0.15, 0.2) is 0 Å². The van der Waals surface area contributed by atoms with Crippen LogP contribution in [0.1, 0.15) is 18.4 Å². The van der Waals surface area contributed by atoms with Crippen LogP contribution in [0.2, 0.25) is 0 Å². The van der Waals surface area contributed by atoms with E-state index in [-0.39, 0.29) is 11.8 Å². The van der Waals surface area contributed by atoms with Gasteiger partial charge < -0.3 is 16.4 Å². The largest absolute Gasteiger partial charge is 0.330 e. The summed E-state index contributed by atoms with van der Waals surface area (Å²) in [7, 11) is 0. The third-order valence-corrected chi connectivity index (χ3v) is 4.88. The van der Waals surface area contributed by atoms with Crippen molar-refractivity contribution < 1.29 is 9.59 Å². The molecule has 0 bridgehead atoms. The predicted molar refractivity (Wildman–Crippen MR) is 108 cm³/mol. The molecule has 0 radical (unpaired) electrons. The van der Waals surface area contributed by atoms with E-state index in [2.05, 4.69) is 27.7 Å². The average molecular weight is 366 g/mol. The molecule has 0 saturated carbocycles. The zero-order valence-electron chi connectivity index (χ0n) is 15.5. The van der Waals surface area contributed by atoms with E-state index in [0.29, 0.717) is 36.3 Å². The van der Waals surface area contributed by atoms with Crippen molar-refractivity contribution in [3.63, 3.8) is 0 Å². The minimum atomic E-state index is -0.143. The highest BCUT2D eigenvalue weighted by Gasteiger charge is 2.33. The van der Waals surface area contributed by atoms with Gasteiger partial charge in [0.25, 0.3) is 0 Å². The van der Waals surface area contributed by atoms with Crippen LogP contribution in [0.15, 0.2) is 54.6 Å². The normalized spacial score (nSPS) is 19.6. The number of nitrogens with zero attached hydrogens (tertiary/aromatic N) is 1. The number of likely N-dealkylation sites (tertiary alicyclic amines) is 1. The SMILES string of the molecule is CC(=O)Nc1cccc(NC(=O)CN2C[C@@H](CN)[C@H](c3ccccc3)C2)c1. The minimum Gasteiger partial charge on any atom is -0.330 e. The van der Waals surface area contributed by atoms with Crippen LogP contribution in [0, 0.1) is 5.92 Å². The Hall–Kier alpha value is -2.70. The molecular weight excluding hydrogens is 340 g/mol. The van der Waals surface area contributed by atoms with Crippen molar-refractivity contribution >= 4 is 23.2 Å². The summed E-state index contributed by atoms with van der Waals surface area (Å²) in [5.41, 5.74) is 8.58. The second-order valence-electron chi connectivity index (χ2n) is 7.02. The molecule has 6 heteroatoms. The van der Waals surface area contributed by atoms with Crippen LogP contribution in [-0.4, -0.2) is 42.9 Å². The van der Waals surface area contributed by atoms with Crippen LogP contribution in [-0.2, 0) is 9.59 Å². The summed E-state index contributed by atoms with van der Waals surface area (Å²) in [5.74, 6) is 0.491. The maximum absolute atomic E-state index is 12.5. The number of benzene rings is 2. The van der Waals surface area contributed by atoms with Gasteiger partial charge in [0, 0.05) is 37.3 Å². The summed E-state index contributed by atoms with van der Waals surface area (Å²) >= 11 is 0. The second-order valence-corrected chi connectivity index (χ2v) is 7.02. The Kier molecular flexibility index (Phi) is 6.21. The Morgan fingerprint density at radius 3 is 2.41 bits per heavy atom. The number of amides is 2. The third kappa shape index (κ3) is 5.15. The molecule has 2 amide bonds. The standard InChI is InChI=1S/C21H26N4O2/c1-15(26)23-18-8-5-9-19(10-18)24-21(27)14-25-12-17(11-22)20(13-25)16-6-3-2-4-7-16/h2-10,17,20H,11-14,22H2,1H3,(H,23,26)(H,24,27)/t17-,20+/m1/s1. The summed E-state index contributed by atoms with van der Waals surface area (Å²) in [6.45, 7) is 4.02. The van der Waals surface area contributed by atoms with Crippen LogP contribution in [0.5, 0.6) is 0 Å². The zero-order valence-corrected chi connectivity index (χ0v) is 15.5. The highest BCUT2D eigenvalue weighted by molar-refractivity contribution is 5.94. The molecule has 2 aromatic rings. The fourth-order valence-electron chi connectivity index (χ4n) is 3.69. The highest BCUT2D eigenvalue weighted by Crippen LogP contribution is 2.31. The molecule has 1 heterocycles. The second kappa shape index (κ2) is 8.79. The highest BCUT2D eigenvalue weighted by atomic mass is 16.2. The van der Waals surface area contributed by atoms with Crippen molar-refractivity contribution in [3.8, 4) is 0 Å². The fourth-order valence-corrected chi connectivity index (χ4v) is 3.69. The summed E-state index contributed by atoms with van der Waals surface area (Å²) in [4.78, 5) is 25.8. The number of nitrogens with two attached hydrogens (primary N) is 1. The number of hydrogen-bond donors (Lipinski definition) is 3. The predicted octanol–water partition coefficient (Wildman–Crippen LogP) is 2.26. The monoisotopic (exact) mass is 366 g/mol. The lowest BCUT2D eigenvalue weighted by Crippen LogP contribution is -2.32. The number of anilines is 2. The first-order valence-corrected chi connectivity index (χ1v) is 9.20. The Bertz CT molecular complexity index is 794. The first kappa shape index (κ1) is 19.1. The van der Waals surface area contributed by atoms with Crippen LogP contribution in [0.3, 0.4) is 0 Å². The summed E-state index contributed by atoms with van der Waals surface area (Å²) in [6, 6.07) is 17.5. The number of carbonyl (C=O) groups is 2. The molecule has 0 aromatic heterocycles. The Morgan fingerprint density at radius 1 is 1.04 bits per heavy atom. The Morgan fingerprint density at radius 2 is 1.74 bits per heavy atom. The maximum Gasteiger partial charge on any atom is 0.238 e. The van der Waals surface area contributed by atoms with Gasteiger partial charge in [-0.2, -0.15) is 0 Å². The zero-order chi connectivity index (χ0) is 19.2. The van der Waals surface area contributed by atoms with Crippen LogP contribution in [0.4, 0.5) is 11.4 Å². The molecule has 0 unspecified atom stereocenters. The molecule has 27 heavy (non-hydrogen) atoms. The number of rotatable bonds is 6. The van der Waals surface area contributed by atoms with Gasteiger partial charge in [-0.05, 0) is 36.2 Å². The van der Waals surface area contributed by atoms with Gasteiger partial charge in [0.1, 0.15) is 0 Å². The van der Waals surface area contributed by atoms with Gasteiger partial charge >= 0.3 is 0 Å². The van der Waals surface area contributed by atoms with Gasteiger partial charge in [0.2, 0.25) is 11.8 Å². The lowest BCUT2D eigenvalue weighted by molar-refractivity contribution is -0.117. The van der Waals surface area contributed by atoms with Gasteiger partial charge in [-0.15, -0.1) is 0 Å². The molecular formula is C21H26N4O2. The van der Waals surface area contributed by atoms with Crippen molar-refractivity contribution in [1.29, 1.82) is 0 Å². The fraction of sp³-hybridized carbons (Fsp3) is 0.333. The molecule has 0 aliphatic carbocycles. The van der Waals surface area contributed by atoms with Crippen LogP contribution >= 0.6 is 0 Å². The molecule has 2 aromatic carbocycles. The van der Waals surface area contributed by atoms with Gasteiger partial charge in [-0.1, -0.05) is 36.4 Å². The smallest absolute Gasteiger partial charge is 0.238 e. The van der Waals surface area contributed by atoms with E-state index in [1.54, 1.807) is 18.2 Å². The van der Waals surface area contributed by atoms with Crippen molar-refractivity contribution in [2.24, 2.45) is 11.7 Å². The van der Waals surface area contributed by atoms with E-state index >= 15 is 0 Å². The molecule has 142 valence electrons. The molecule has 0 spiro atoms. The first-order chi connectivity index (χ1) is 13.0. The number of carbonyl (C=O) groups excluding carboxylic acids is 2. The van der Waals surface area contributed by atoms with Gasteiger partial charge in [-0.3, -0.25) is 14.5 Å². The van der Waals surface area contributed by atoms with E-state index in [1.807, 2.05) is 24.3 Å². The maximum atomic E-state index is 12.5. The quantitative estimate of drug-likeness (QED) is 0.732. The Labute approximate surface area is 159 Å². The molecule has 4 N–H and O–H groups in total. The Balaban J connectivity index is 1.59. The first-order valence-electron chi connectivity index (χ1n) is 9.20. The van der Waals surface area contributed by atoms with Gasteiger partial charge in [0.05, 0.1) is 6.54 Å². The van der Waals surface area contributed by atoms with E-state index < -0.39 is 0 Å². The molecule has 2 atom stereocenters. The molecule has 3 rings (SSSR count).